The van der Waals surface area contributed by atoms with Crippen molar-refractivity contribution >= 4 is 53.2 Å². The molecule has 1 saturated heterocycles. The molecule has 1 fully saturated rings. The van der Waals surface area contributed by atoms with Crippen molar-refractivity contribution in [1.82, 2.24) is 52.5 Å². The summed E-state index contributed by atoms with van der Waals surface area (Å²) in [5, 5.41) is 29.3. The normalized spacial score (nSPS) is 22.9. The van der Waals surface area contributed by atoms with E-state index in [1.54, 1.807) is 30.3 Å². The molecule has 8 amide bonds. The summed E-state index contributed by atoms with van der Waals surface area (Å²) in [7, 11) is 0. The van der Waals surface area contributed by atoms with E-state index < -0.39 is 103 Å². The lowest BCUT2D eigenvalue weighted by Gasteiger charge is -2.25. The Hall–Kier alpha value is -6.34. The van der Waals surface area contributed by atoms with Gasteiger partial charge in [-0.05, 0) is 31.7 Å². The van der Waals surface area contributed by atoms with Crippen molar-refractivity contribution in [2.75, 3.05) is 19.6 Å². The highest BCUT2D eigenvalue weighted by molar-refractivity contribution is 5.97. The van der Waals surface area contributed by atoms with Crippen molar-refractivity contribution in [3.05, 3.63) is 54.1 Å². The number of amides is 8. The molecule has 0 spiro atoms. The molecule has 292 valence electrons. The number of hydrogen-bond acceptors (Lipinski definition) is 10. The van der Waals surface area contributed by atoms with Gasteiger partial charge in [-0.3, -0.25) is 38.4 Å². The largest absolute Gasteiger partial charge is 0.480 e. The van der Waals surface area contributed by atoms with Gasteiger partial charge in [0, 0.05) is 38.2 Å². The number of hydrogen-bond donors (Lipinski definition) is 10. The van der Waals surface area contributed by atoms with Gasteiger partial charge in [0.1, 0.15) is 30.2 Å². The summed E-state index contributed by atoms with van der Waals surface area (Å²) in [5.74, 6) is -7.41. The minimum Gasteiger partial charge on any atom is -0.480 e. The van der Waals surface area contributed by atoms with Crippen LogP contribution < -0.4 is 42.5 Å². The number of aromatic amines is 1. The lowest BCUT2D eigenvalue weighted by molar-refractivity contribution is -0.142. The van der Waals surface area contributed by atoms with Crippen LogP contribution in [-0.2, 0) is 56.0 Å². The molecule has 2 heterocycles. The van der Waals surface area contributed by atoms with Gasteiger partial charge in [-0.2, -0.15) is 0 Å². The Morgan fingerprint density at radius 1 is 0.833 bits per heavy atom. The maximum atomic E-state index is 13.9. The molecule has 54 heavy (non-hydrogen) atoms. The lowest BCUT2D eigenvalue weighted by atomic mass is 10.0. The summed E-state index contributed by atoms with van der Waals surface area (Å²) in [5.41, 5.74) is 1.06. The molecule has 1 aliphatic heterocycles. The van der Waals surface area contributed by atoms with Crippen LogP contribution in [0.4, 0.5) is 0 Å². The summed E-state index contributed by atoms with van der Waals surface area (Å²) in [4.78, 5) is 122. The molecule has 0 bridgehead atoms. The van der Waals surface area contributed by atoms with Gasteiger partial charge in [-0.1, -0.05) is 30.3 Å². The molecular weight excluding hydrogens is 708 g/mol. The van der Waals surface area contributed by atoms with E-state index in [2.05, 4.69) is 52.5 Å². The molecule has 3 unspecified atom stereocenters. The number of carboxylic acids is 1. The summed E-state index contributed by atoms with van der Waals surface area (Å²) in [6.45, 7) is 1.47. The zero-order valence-corrected chi connectivity index (χ0v) is 29.9. The highest BCUT2D eigenvalue weighted by Crippen LogP contribution is 2.08. The van der Waals surface area contributed by atoms with E-state index in [0.717, 1.165) is 0 Å². The minimum atomic E-state index is -1.53. The van der Waals surface area contributed by atoms with Gasteiger partial charge < -0.3 is 52.6 Å². The highest BCUT2D eigenvalue weighted by atomic mass is 16.4. The zero-order valence-electron chi connectivity index (χ0n) is 29.9. The van der Waals surface area contributed by atoms with E-state index in [4.69, 9.17) is 0 Å². The standard InChI is InChI=1S/C34H46N10O10/c1-19-30(49)42-23(34(53)54)10-6-7-11-36-27(46)14-26(41-29(48)16-37-20(2)45)33(52)44-25(13-22-15-35-18-39-22)32(51)43-24(12-21-8-4-3-5-9-21)31(50)38-17-28(47)40-19/h3-5,8-9,15,18-19,23-26H,6-7,10-14,16-17H2,1-2H3,(H,35,39)(H,36,46)(H,37,45)(H,38,50)(H,40,47)(H,41,48)(H,42,49)(H,43,51)(H,44,52)(H,53,54)/t19-,23?,24?,25-,26?/m0/s1. The monoisotopic (exact) mass is 754 g/mol. The molecule has 0 saturated carbocycles. The predicted molar refractivity (Wildman–Crippen MR) is 189 cm³/mol. The highest BCUT2D eigenvalue weighted by Gasteiger charge is 2.32. The molecule has 0 aliphatic carbocycles. The molecular formula is C34H46N10O10. The molecule has 0 radical (unpaired) electrons. The lowest BCUT2D eigenvalue weighted by Crippen LogP contribution is -2.59. The molecule has 20 nitrogen and oxygen atoms in total. The Labute approximate surface area is 310 Å². The van der Waals surface area contributed by atoms with E-state index in [1.165, 1.54) is 26.4 Å². The fraction of sp³-hybridized carbons (Fsp3) is 0.471. The quantitative estimate of drug-likeness (QED) is 0.127. The fourth-order valence-electron chi connectivity index (χ4n) is 5.25. The Morgan fingerprint density at radius 3 is 2.20 bits per heavy atom. The summed E-state index contributed by atoms with van der Waals surface area (Å²) in [6.07, 6.45) is 2.50. The smallest absolute Gasteiger partial charge is 0.326 e. The van der Waals surface area contributed by atoms with Crippen LogP contribution in [0.2, 0.25) is 0 Å². The maximum Gasteiger partial charge on any atom is 0.326 e. The van der Waals surface area contributed by atoms with E-state index >= 15 is 0 Å². The molecule has 1 aromatic heterocycles. The van der Waals surface area contributed by atoms with Gasteiger partial charge in [0.2, 0.25) is 47.3 Å². The van der Waals surface area contributed by atoms with Crippen LogP contribution in [0.15, 0.2) is 42.9 Å². The summed E-state index contributed by atoms with van der Waals surface area (Å²) >= 11 is 0. The van der Waals surface area contributed by atoms with E-state index in [9.17, 15) is 48.3 Å². The number of carbonyl (C=O) groups excluding carboxylic acids is 8. The van der Waals surface area contributed by atoms with Crippen molar-refractivity contribution in [3.63, 3.8) is 0 Å². The van der Waals surface area contributed by atoms with Gasteiger partial charge in [0.15, 0.2) is 0 Å². The summed E-state index contributed by atoms with van der Waals surface area (Å²) in [6, 6.07) is 1.95. The molecule has 20 heteroatoms. The van der Waals surface area contributed by atoms with Crippen molar-refractivity contribution < 1.29 is 48.3 Å². The molecule has 1 aromatic carbocycles. The van der Waals surface area contributed by atoms with Crippen LogP contribution in [0.25, 0.3) is 0 Å². The van der Waals surface area contributed by atoms with Crippen LogP contribution in [0, 0.1) is 0 Å². The average Bonchev–Trinajstić information content (AvgIpc) is 3.64. The number of nitrogens with one attached hydrogen (secondary N) is 9. The predicted octanol–water partition coefficient (Wildman–Crippen LogP) is -3.33. The van der Waals surface area contributed by atoms with Gasteiger partial charge in [-0.15, -0.1) is 0 Å². The van der Waals surface area contributed by atoms with E-state index in [1.807, 2.05) is 0 Å². The molecule has 5 atom stereocenters. The topological polar surface area (TPSA) is 299 Å². The SMILES string of the molecule is CC(=O)NCC(=O)NC1CC(=O)NCCCCC(C(=O)O)NC(=O)[C@H](C)NC(=O)CNC(=O)C(Cc2ccccc2)NC(=O)[C@H](Cc2cnc[nH]2)NC1=O. The van der Waals surface area contributed by atoms with Gasteiger partial charge >= 0.3 is 5.97 Å². The van der Waals surface area contributed by atoms with Crippen molar-refractivity contribution in [1.29, 1.82) is 0 Å². The average molecular weight is 755 g/mol. The van der Waals surface area contributed by atoms with E-state index in [0.29, 0.717) is 11.3 Å². The summed E-state index contributed by atoms with van der Waals surface area (Å²) < 4.78 is 0. The van der Waals surface area contributed by atoms with Crippen LogP contribution >= 0.6 is 0 Å². The molecule has 1 aliphatic rings. The second kappa shape index (κ2) is 21.2. The number of rotatable bonds is 8. The Kier molecular flexibility index (Phi) is 16.6. The number of imidazole rings is 1. The van der Waals surface area contributed by atoms with Crippen molar-refractivity contribution in [2.24, 2.45) is 0 Å². The molecule has 2 aromatic rings. The first kappa shape index (κ1) is 42.1. The van der Waals surface area contributed by atoms with Gasteiger partial charge in [0.05, 0.1) is 25.8 Å². The van der Waals surface area contributed by atoms with Crippen LogP contribution in [0.5, 0.6) is 0 Å². The first-order valence-electron chi connectivity index (χ1n) is 17.2. The van der Waals surface area contributed by atoms with Crippen LogP contribution in [-0.4, -0.2) is 118 Å². The number of H-pyrrole nitrogens is 1. The third-order valence-electron chi connectivity index (χ3n) is 8.12. The van der Waals surface area contributed by atoms with Gasteiger partial charge in [0.25, 0.3) is 0 Å². The van der Waals surface area contributed by atoms with Crippen molar-refractivity contribution in [3.8, 4) is 0 Å². The molecule has 3 rings (SSSR count). The van der Waals surface area contributed by atoms with Gasteiger partial charge in [-0.25, -0.2) is 9.78 Å². The van der Waals surface area contributed by atoms with Crippen molar-refractivity contribution in [2.45, 2.75) is 82.6 Å². The first-order chi connectivity index (χ1) is 25.7. The zero-order chi connectivity index (χ0) is 39.6. The second-order valence-corrected chi connectivity index (χ2v) is 12.6. The van der Waals surface area contributed by atoms with E-state index in [-0.39, 0.29) is 38.6 Å². The number of aromatic nitrogens is 2. The number of carbonyl (C=O) groups is 9. The van der Waals surface area contributed by atoms with Crippen LogP contribution in [0.1, 0.15) is 50.8 Å². The van der Waals surface area contributed by atoms with Crippen LogP contribution in [0.3, 0.4) is 0 Å². The number of benzene rings is 1. The Balaban J connectivity index is 1.94. The first-order valence-corrected chi connectivity index (χ1v) is 17.2. The maximum absolute atomic E-state index is 13.9. The third kappa shape index (κ3) is 14.7. The third-order valence-corrected chi connectivity index (χ3v) is 8.12. The number of nitrogens with zero attached hydrogens (tertiary/aromatic N) is 1. The molecule has 10 N–H and O–H groups in total. The minimum absolute atomic E-state index is 0.0144. The Bertz CT molecular complexity index is 1650. The fourth-order valence-corrected chi connectivity index (χ4v) is 5.25. The number of aliphatic carboxylic acids is 1. The second-order valence-electron chi connectivity index (χ2n) is 12.6. The Morgan fingerprint density at radius 2 is 1.54 bits per heavy atom. The number of carboxylic acid groups (broad SMARTS) is 1.